The van der Waals surface area contributed by atoms with Gasteiger partial charge in [-0.15, -0.1) is 12.4 Å². The molecule has 1 aliphatic rings. The highest BCUT2D eigenvalue weighted by molar-refractivity contribution is 5.90. The van der Waals surface area contributed by atoms with Crippen LogP contribution in [0.2, 0.25) is 0 Å². The van der Waals surface area contributed by atoms with Crippen molar-refractivity contribution in [2.24, 2.45) is 0 Å². The Hall–Kier alpha value is -0.610. The number of carboxylic acid groups (broad SMARTS) is 1. The molecule has 1 rings (SSSR count). The average molecular weight is 166 g/mol. The molecule has 0 bridgehead atoms. The summed E-state index contributed by atoms with van der Waals surface area (Å²) in [5, 5.41) is 10.9. The van der Waals surface area contributed by atoms with Crippen molar-refractivity contribution in [2.45, 2.75) is 12.5 Å². The molecule has 0 aliphatic carbocycles. The van der Waals surface area contributed by atoms with Gasteiger partial charge in [0, 0.05) is 6.42 Å². The van der Waals surface area contributed by atoms with Crippen LogP contribution in [0.5, 0.6) is 0 Å². The minimum Gasteiger partial charge on any atom is -0.480 e. The number of hydrogen-bond donors (Lipinski definition) is 2. The van der Waals surface area contributed by atoms with Crippen molar-refractivity contribution in [3.05, 3.63) is 0 Å². The largest absolute Gasteiger partial charge is 0.480 e. The number of carbonyl (C=O) groups excluding carboxylic acids is 1. The van der Waals surface area contributed by atoms with Crippen LogP contribution in [0.4, 0.5) is 0 Å². The smallest absolute Gasteiger partial charge is 0.321 e. The third-order valence-electron chi connectivity index (χ3n) is 1.28. The fraction of sp³-hybridized carbons (Fsp3) is 0.600. The Morgan fingerprint density at radius 3 is 2.50 bits per heavy atom. The Kier molecular flexibility index (Phi) is 3.32. The lowest BCUT2D eigenvalue weighted by atomic mass is 10.2. The number of carbonyl (C=O) groups is 2. The van der Waals surface area contributed by atoms with Crippen molar-refractivity contribution >= 4 is 24.2 Å². The molecule has 0 aromatic carbocycles. The van der Waals surface area contributed by atoms with Gasteiger partial charge in [0.15, 0.2) is 0 Å². The highest BCUT2D eigenvalue weighted by Gasteiger charge is 2.26. The van der Waals surface area contributed by atoms with Gasteiger partial charge in [-0.3, -0.25) is 14.9 Å². The molecule has 1 aliphatic heterocycles. The number of nitrogens with one attached hydrogen (secondary N) is 1. The predicted octanol–water partition coefficient (Wildman–Crippen LogP) is -0.576. The van der Waals surface area contributed by atoms with Gasteiger partial charge in [0.2, 0.25) is 0 Å². The second kappa shape index (κ2) is 3.53. The van der Waals surface area contributed by atoms with Gasteiger partial charge in [-0.25, -0.2) is 0 Å². The quantitative estimate of drug-likeness (QED) is 0.546. The molecule has 0 saturated carbocycles. The van der Waals surface area contributed by atoms with E-state index in [0.29, 0.717) is 0 Å². The van der Waals surface area contributed by atoms with Crippen LogP contribution < -0.4 is 5.32 Å². The van der Waals surface area contributed by atoms with Crippen molar-refractivity contribution in [1.29, 1.82) is 0 Å². The summed E-state index contributed by atoms with van der Waals surface area (Å²) in [6.07, 6.45) is 0.134. The number of Topliss-reactive ketones (excluding diaryl/α,β-unsaturated/α-hetero) is 1. The van der Waals surface area contributed by atoms with Crippen LogP contribution >= 0.6 is 12.4 Å². The molecule has 4 nitrogen and oxygen atoms in total. The molecule has 0 unspecified atom stereocenters. The fourth-order valence-corrected chi connectivity index (χ4v) is 0.784. The summed E-state index contributed by atoms with van der Waals surface area (Å²) in [5.74, 6) is -0.969. The number of ketones is 1. The van der Waals surface area contributed by atoms with Gasteiger partial charge >= 0.3 is 5.97 Å². The van der Waals surface area contributed by atoms with E-state index in [-0.39, 0.29) is 31.2 Å². The SMILES string of the molecule is Cl.O=C1CN[C@H](C(=O)O)C1. The van der Waals surface area contributed by atoms with E-state index in [1.165, 1.54) is 0 Å². The van der Waals surface area contributed by atoms with Crippen LogP contribution in [0.15, 0.2) is 0 Å². The van der Waals surface area contributed by atoms with Crippen molar-refractivity contribution in [2.75, 3.05) is 6.54 Å². The molecule has 0 aromatic heterocycles. The molecule has 0 amide bonds. The number of halogens is 1. The zero-order valence-corrected chi connectivity index (χ0v) is 5.98. The molecular formula is C5H8ClNO3. The van der Waals surface area contributed by atoms with Gasteiger partial charge in [0.25, 0.3) is 0 Å². The summed E-state index contributed by atoms with van der Waals surface area (Å²) >= 11 is 0. The third-order valence-corrected chi connectivity index (χ3v) is 1.28. The van der Waals surface area contributed by atoms with E-state index in [1.807, 2.05) is 0 Å². The lowest BCUT2D eigenvalue weighted by molar-refractivity contribution is -0.139. The van der Waals surface area contributed by atoms with Crippen LogP contribution in [0.3, 0.4) is 0 Å². The minimum atomic E-state index is -0.944. The van der Waals surface area contributed by atoms with Crippen LogP contribution in [0, 0.1) is 0 Å². The maximum absolute atomic E-state index is 10.4. The molecule has 1 atom stereocenters. The maximum atomic E-state index is 10.4. The predicted molar refractivity (Wildman–Crippen MR) is 36.3 cm³/mol. The summed E-state index contributed by atoms with van der Waals surface area (Å²) in [4.78, 5) is 20.6. The highest BCUT2D eigenvalue weighted by Crippen LogP contribution is 2.00. The number of carboxylic acids is 1. The summed E-state index contributed by atoms with van der Waals surface area (Å²) in [5.41, 5.74) is 0. The van der Waals surface area contributed by atoms with Gasteiger partial charge in [-0.1, -0.05) is 0 Å². The number of hydrogen-bond acceptors (Lipinski definition) is 3. The van der Waals surface area contributed by atoms with Crippen LogP contribution in [0.1, 0.15) is 6.42 Å². The van der Waals surface area contributed by atoms with E-state index in [4.69, 9.17) is 5.11 Å². The summed E-state index contributed by atoms with van der Waals surface area (Å²) < 4.78 is 0. The lowest BCUT2D eigenvalue weighted by Crippen LogP contribution is -2.29. The van der Waals surface area contributed by atoms with Crippen molar-refractivity contribution in [3.63, 3.8) is 0 Å². The Bertz CT molecular complexity index is 159. The highest BCUT2D eigenvalue weighted by atomic mass is 35.5. The van der Waals surface area contributed by atoms with Gasteiger partial charge < -0.3 is 5.11 Å². The Balaban J connectivity index is 0.000000810. The monoisotopic (exact) mass is 165 g/mol. The first-order chi connectivity index (χ1) is 4.20. The second-order valence-electron chi connectivity index (χ2n) is 2.01. The first-order valence-corrected chi connectivity index (χ1v) is 2.68. The summed E-state index contributed by atoms with van der Waals surface area (Å²) in [7, 11) is 0. The zero-order chi connectivity index (χ0) is 6.85. The van der Waals surface area contributed by atoms with Gasteiger partial charge in [0.1, 0.15) is 11.8 Å². The molecule has 0 spiro atoms. The fourth-order valence-electron chi connectivity index (χ4n) is 0.784. The molecule has 0 aromatic rings. The zero-order valence-electron chi connectivity index (χ0n) is 5.16. The normalized spacial score (nSPS) is 24.0. The van der Waals surface area contributed by atoms with E-state index in [0.717, 1.165) is 0 Å². The molecule has 58 valence electrons. The van der Waals surface area contributed by atoms with E-state index >= 15 is 0 Å². The van der Waals surface area contributed by atoms with E-state index < -0.39 is 12.0 Å². The van der Waals surface area contributed by atoms with Crippen LogP contribution in [-0.4, -0.2) is 29.4 Å². The Morgan fingerprint density at radius 2 is 2.30 bits per heavy atom. The maximum Gasteiger partial charge on any atom is 0.321 e. The lowest BCUT2D eigenvalue weighted by Gasteiger charge is -1.98. The molecule has 2 N–H and O–H groups in total. The molecule has 5 heteroatoms. The van der Waals surface area contributed by atoms with E-state index in [1.54, 1.807) is 0 Å². The molecule has 0 radical (unpaired) electrons. The van der Waals surface area contributed by atoms with E-state index in [2.05, 4.69) is 5.32 Å². The summed E-state index contributed by atoms with van der Waals surface area (Å²) in [6, 6.07) is -0.641. The second-order valence-corrected chi connectivity index (χ2v) is 2.01. The molecular weight excluding hydrogens is 158 g/mol. The number of aliphatic carboxylic acids is 1. The first kappa shape index (κ1) is 9.39. The van der Waals surface area contributed by atoms with Gasteiger partial charge in [-0.05, 0) is 0 Å². The van der Waals surface area contributed by atoms with Gasteiger partial charge in [-0.2, -0.15) is 0 Å². The Labute approximate surface area is 64.0 Å². The minimum absolute atomic E-state index is 0. The standard InChI is InChI=1S/C5H7NO3.ClH/c7-3-1-4(5(8)9)6-2-3;/h4,6H,1-2H2,(H,8,9);1H/t4-;/m0./s1. The van der Waals surface area contributed by atoms with Crippen molar-refractivity contribution in [3.8, 4) is 0 Å². The molecule has 1 fully saturated rings. The Morgan fingerprint density at radius 1 is 1.70 bits per heavy atom. The van der Waals surface area contributed by atoms with Crippen LogP contribution in [0.25, 0.3) is 0 Å². The van der Waals surface area contributed by atoms with Crippen molar-refractivity contribution in [1.82, 2.24) is 5.32 Å². The van der Waals surface area contributed by atoms with Crippen LogP contribution in [-0.2, 0) is 9.59 Å². The average Bonchev–Trinajstić information content (AvgIpc) is 2.14. The molecule has 10 heavy (non-hydrogen) atoms. The third kappa shape index (κ3) is 1.97. The topological polar surface area (TPSA) is 66.4 Å². The van der Waals surface area contributed by atoms with Gasteiger partial charge in [0.05, 0.1) is 6.54 Å². The van der Waals surface area contributed by atoms with Crippen molar-refractivity contribution < 1.29 is 14.7 Å². The summed E-state index contributed by atoms with van der Waals surface area (Å²) in [6.45, 7) is 0.205. The van der Waals surface area contributed by atoms with E-state index in [9.17, 15) is 9.59 Å². The molecule has 1 saturated heterocycles. The first-order valence-electron chi connectivity index (χ1n) is 2.68. The number of rotatable bonds is 1. The molecule has 1 heterocycles.